The van der Waals surface area contributed by atoms with Crippen molar-refractivity contribution in [2.75, 3.05) is 0 Å². The number of nitrogens with two attached hydrogens (primary N) is 1. The Balaban J connectivity index is 1.81. The van der Waals surface area contributed by atoms with Crippen LogP contribution >= 0.6 is 0 Å². The first-order valence-electron chi connectivity index (χ1n) is 5.65. The van der Waals surface area contributed by atoms with Gasteiger partial charge in [-0.25, -0.2) is 4.79 Å². The average Bonchev–Trinajstić information content (AvgIpc) is 2.40. The lowest BCUT2D eigenvalue weighted by molar-refractivity contribution is -0.138. The van der Waals surface area contributed by atoms with Gasteiger partial charge in [0.25, 0.3) is 0 Å². The Morgan fingerprint density at radius 1 is 1.32 bits per heavy atom. The highest BCUT2D eigenvalue weighted by Crippen LogP contribution is 2.07. The molecule has 7 nitrogen and oxygen atoms in total. The molecule has 1 aromatic carbocycles. The van der Waals surface area contributed by atoms with Crippen molar-refractivity contribution in [3.63, 3.8) is 0 Å². The van der Waals surface area contributed by atoms with E-state index in [9.17, 15) is 14.4 Å². The van der Waals surface area contributed by atoms with Crippen molar-refractivity contribution in [1.29, 1.82) is 0 Å². The minimum absolute atomic E-state index is 0.0856. The van der Waals surface area contributed by atoms with Gasteiger partial charge in [-0.1, -0.05) is 30.3 Å². The second-order valence-electron chi connectivity index (χ2n) is 4.07. The van der Waals surface area contributed by atoms with Gasteiger partial charge in [0.1, 0.15) is 18.7 Å². The van der Waals surface area contributed by atoms with E-state index in [0.717, 1.165) is 5.56 Å². The Kier molecular flexibility index (Phi) is 3.65. The molecule has 0 unspecified atom stereocenters. The molecular weight excluding hydrogens is 250 g/mol. The molecule has 0 aliphatic carbocycles. The van der Waals surface area contributed by atoms with Crippen molar-refractivity contribution < 1.29 is 19.1 Å². The number of alkyl carbamates (subject to hydrolysis) is 1. The van der Waals surface area contributed by atoms with Crippen LogP contribution in [0.1, 0.15) is 5.56 Å². The zero-order chi connectivity index (χ0) is 13.8. The molecule has 1 aromatic rings. The number of primary amides is 1. The highest BCUT2D eigenvalue weighted by atomic mass is 16.5. The van der Waals surface area contributed by atoms with E-state index in [-0.39, 0.29) is 6.61 Å². The average molecular weight is 263 g/mol. The number of hydrogen-bond donors (Lipinski definition) is 3. The van der Waals surface area contributed by atoms with Gasteiger partial charge < -0.3 is 21.1 Å². The molecule has 1 fully saturated rings. The first-order chi connectivity index (χ1) is 9.08. The lowest BCUT2D eigenvalue weighted by Gasteiger charge is -2.34. The van der Waals surface area contributed by atoms with Gasteiger partial charge in [0.15, 0.2) is 0 Å². The molecule has 2 atom stereocenters. The summed E-state index contributed by atoms with van der Waals surface area (Å²) in [6.45, 7) is 0.0856. The number of β-lactam (4-membered cyclic amide) rings is 1. The van der Waals surface area contributed by atoms with E-state index in [1.807, 2.05) is 18.2 Å². The molecule has 0 bridgehead atoms. The summed E-state index contributed by atoms with van der Waals surface area (Å²) in [6, 6.07) is 7.25. The zero-order valence-electron chi connectivity index (χ0n) is 9.96. The van der Waals surface area contributed by atoms with Crippen molar-refractivity contribution in [3.8, 4) is 0 Å². The summed E-state index contributed by atoms with van der Waals surface area (Å²) in [5.74, 6) is -1.16. The number of benzene rings is 1. The van der Waals surface area contributed by atoms with Crippen LogP contribution < -0.4 is 16.4 Å². The molecule has 0 saturated carbocycles. The van der Waals surface area contributed by atoms with Crippen LogP contribution in [0.15, 0.2) is 30.3 Å². The number of carbonyl (C=O) groups excluding carboxylic acids is 3. The number of rotatable bonds is 4. The van der Waals surface area contributed by atoms with E-state index in [4.69, 9.17) is 10.5 Å². The normalized spacial score (nSPS) is 20.9. The van der Waals surface area contributed by atoms with Crippen LogP contribution in [-0.4, -0.2) is 30.0 Å². The monoisotopic (exact) mass is 263 g/mol. The van der Waals surface area contributed by atoms with Gasteiger partial charge in [0.05, 0.1) is 0 Å². The fourth-order valence-electron chi connectivity index (χ4n) is 1.66. The maximum atomic E-state index is 11.5. The molecule has 0 spiro atoms. The SMILES string of the molecule is NC(=O)[C@@H]1NC(=O)[C@@H]1NC(=O)OCc1ccccc1. The van der Waals surface area contributed by atoms with Crippen molar-refractivity contribution in [1.82, 2.24) is 10.6 Å². The summed E-state index contributed by atoms with van der Waals surface area (Å²) in [5, 5.41) is 4.58. The standard InChI is InChI=1S/C12H13N3O4/c13-10(16)8-9(11(17)14-8)15-12(18)19-6-7-4-2-1-3-5-7/h1-5,8-9H,6H2,(H2,13,16)(H,14,17)(H,15,18)/t8-,9-/m1/s1. The van der Waals surface area contributed by atoms with Crippen molar-refractivity contribution in [3.05, 3.63) is 35.9 Å². The Morgan fingerprint density at radius 2 is 2.00 bits per heavy atom. The molecule has 0 radical (unpaired) electrons. The summed E-state index contributed by atoms with van der Waals surface area (Å²) in [5.41, 5.74) is 5.87. The number of hydrogen-bond acceptors (Lipinski definition) is 4. The third kappa shape index (κ3) is 3.01. The van der Waals surface area contributed by atoms with Gasteiger partial charge in [0, 0.05) is 0 Å². The Hall–Kier alpha value is -2.57. The van der Waals surface area contributed by atoms with Gasteiger partial charge >= 0.3 is 6.09 Å². The van der Waals surface area contributed by atoms with Crippen LogP contribution in [0.5, 0.6) is 0 Å². The molecule has 1 heterocycles. The predicted molar refractivity (Wildman–Crippen MR) is 64.7 cm³/mol. The highest BCUT2D eigenvalue weighted by molar-refractivity contribution is 6.02. The van der Waals surface area contributed by atoms with Crippen LogP contribution in [0.25, 0.3) is 0 Å². The summed E-state index contributed by atoms with van der Waals surface area (Å²) in [6.07, 6.45) is -0.769. The second-order valence-corrected chi connectivity index (χ2v) is 4.07. The maximum Gasteiger partial charge on any atom is 0.408 e. The molecule has 4 N–H and O–H groups in total. The van der Waals surface area contributed by atoms with Crippen LogP contribution in [0.4, 0.5) is 4.79 Å². The van der Waals surface area contributed by atoms with E-state index >= 15 is 0 Å². The molecule has 1 aliphatic heterocycles. The third-order valence-electron chi connectivity index (χ3n) is 2.71. The number of amides is 3. The minimum Gasteiger partial charge on any atom is -0.445 e. The molecule has 1 aliphatic rings. The second kappa shape index (κ2) is 5.38. The van der Waals surface area contributed by atoms with Gasteiger partial charge in [-0.05, 0) is 5.56 Å². The third-order valence-corrected chi connectivity index (χ3v) is 2.71. The van der Waals surface area contributed by atoms with Crippen LogP contribution in [-0.2, 0) is 20.9 Å². The number of ether oxygens (including phenoxy) is 1. The smallest absolute Gasteiger partial charge is 0.408 e. The molecule has 1 saturated heterocycles. The predicted octanol–water partition coefficient (Wildman–Crippen LogP) is -0.735. The summed E-state index contributed by atoms with van der Waals surface area (Å²) < 4.78 is 4.93. The molecule has 7 heteroatoms. The van der Waals surface area contributed by atoms with E-state index in [0.29, 0.717) is 0 Å². The van der Waals surface area contributed by atoms with Crippen molar-refractivity contribution >= 4 is 17.9 Å². The highest BCUT2D eigenvalue weighted by Gasteiger charge is 2.44. The lowest BCUT2D eigenvalue weighted by atomic mass is 9.99. The minimum atomic E-state index is -0.958. The van der Waals surface area contributed by atoms with Gasteiger partial charge in [0.2, 0.25) is 11.8 Å². The van der Waals surface area contributed by atoms with Crippen LogP contribution in [0, 0.1) is 0 Å². The maximum absolute atomic E-state index is 11.5. The Morgan fingerprint density at radius 3 is 2.58 bits per heavy atom. The molecule has 3 amide bonds. The number of nitrogens with one attached hydrogen (secondary N) is 2. The quantitative estimate of drug-likeness (QED) is 0.621. The molecule has 2 rings (SSSR count). The fourth-order valence-corrected chi connectivity index (χ4v) is 1.66. The summed E-state index contributed by atoms with van der Waals surface area (Å²) >= 11 is 0. The van der Waals surface area contributed by atoms with Crippen molar-refractivity contribution in [2.45, 2.75) is 18.7 Å². The van der Waals surface area contributed by atoms with E-state index in [2.05, 4.69) is 10.6 Å². The lowest BCUT2D eigenvalue weighted by Crippen LogP contribution is -2.73. The zero-order valence-corrected chi connectivity index (χ0v) is 9.96. The van der Waals surface area contributed by atoms with Gasteiger partial charge in [-0.3, -0.25) is 9.59 Å². The van der Waals surface area contributed by atoms with Crippen molar-refractivity contribution in [2.24, 2.45) is 5.73 Å². The van der Waals surface area contributed by atoms with E-state index in [1.165, 1.54) is 0 Å². The van der Waals surface area contributed by atoms with E-state index in [1.54, 1.807) is 12.1 Å². The Bertz CT molecular complexity index is 503. The first-order valence-corrected chi connectivity index (χ1v) is 5.65. The van der Waals surface area contributed by atoms with Gasteiger partial charge in [-0.2, -0.15) is 0 Å². The van der Waals surface area contributed by atoms with Crippen LogP contribution in [0.3, 0.4) is 0 Å². The largest absolute Gasteiger partial charge is 0.445 e. The molecule has 100 valence electrons. The molecular formula is C12H13N3O4. The number of carbonyl (C=O) groups is 3. The van der Waals surface area contributed by atoms with E-state index < -0.39 is 30.0 Å². The summed E-state index contributed by atoms with van der Waals surface area (Å²) in [4.78, 5) is 33.5. The first kappa shape index (κ1) is 12.9. The van der Waals surface area contributed by atoms with Gasteiger partial charge in [-0.15, -0.1) is 0 Å². The molecule has 0 aromatic heterocycles. The molecule has 19 heavy (non-hydrogen) atoms. The Labute approximate surface area is 109 Å². The fraction of sp³-hybridized carbons (Fsp3) is 0.250. The summed E-state index contributed by atoms with van der Waals surface area (Å²) in [7, 11) is 0. The topological polar surface area (TPSA) is 111 Å². The van der Waals surface area contributed by atoms with Crippen LogP contribution in [0.2, 0.25) is 0 Å².